The molecule has 84 valence electrons. The van der Waals surface area contributed by atoms with Gasteiger partial charge in [0, 0.05) is 17.5 Å². The van der Waals surface area contributed by atoms with Gasteiger partial charge in [-0.15, -0.1) is 0 Å². The molecule has 0 aliphatic heterocycles. The van der Waals surface area contributed by atoms with E-state index in [9.17, 15) is 4.79 Å². The number of methoxy groups -OCH3 is 1. The first-order valence-corrected chi connectivity index (χ1v) is 5.75. The molecule has 0 atom stereocenters. The van der Waals surface area contributed by atoms with E-state index in [0.717, 1.165) is 21.8 Å². The largest absolute Gasteiger partial charge is 0.495 e. The molecule has 0 bridgehead atoms. The van der Waals surface area contributed by atoms with Crippen LogP contribution in [0.1, 0.15) is 12.5 Å². The van der Waals surface area contributed by atoms with Crippen LogP contribution in [0.15, 0.2) is 31.9 Å². The fraction of sp³-hybridized carbons (Fsp3) is 0.250. The summed E-state index contributed by atoms with van der Waals surface area (Å²) in [6.07, 6.45) is 0.793. The van der Waals surface area contributed by atoms with E-state index in [0.29, 0.717) is 11.3 Å². The highest BCUT2D eigenvalue weighted by Crippen LogP contribution is 2.31. The lowest BCUT2D eigenvalue weighted by Gasteiger charge is -2.07. The van der Waals surface area contributed by atoms with Gasteiger partial charge >= 0.3 is 5.63 Å². The third-order valence-electron chi connectivity index (χ3n) is 2.48. The summed E-state index contributed by atoms with van der Waals surface area (Å²) < 4.78 is 11.2. The molecule has 3 nitrogen and oxygen atoms in total. The topological polar surface area (TPSA) is 39.4 Å². The molecule has 1 aromatic carbocycles. The molecule has 0 unspecified atom stereocenters. The Balaban J connectivity index is 2.84. The Kier molecular flexibility index (Phi) is 3.01. The maximum absolute atomic E-state index is 11.3. The maximum atomic E-state index is 11.3. The first kappa shape index (κ1) is 11.2. The van der Waals surface area contributed by atoms with Crippen molar-refractivity contribution in [1.82, 2.24) is 0 Å². The summed E-state index contributed by atoms with van der Waals surface area (Å²) in [5, 5.41) is 0.940. The Morgan fingerprint density at radius 2 is 2.12 bits per heavy atom. The van der Waals surface area contributed by atoms with E-state index in [1.807, 2.05) is 13.0 Å². The monoisotopic (exact) mass is 282 g/mol. The fourth-order valence-electron chi connectivity index (χ4n) is 1.68. The van der Waals surface area contributed by atoms with Gasteiger partial charge in [-0.1, -0.05) is 6.92 Å². The van der Waals surface area contributed by atoms with E-state index in [1.165, 1.54) is 6.07 Å². The van der Waals surface area contributed by atoms with Crippen LogP contribution in [0, 0.1) is 0 Å². The van der Waals surface area contributed by atoms with E-state index in [4.69, 9.17) is 9.15 Å². The van der Waals surface area contributed by atoms with Crippen LogP contribution in [-0.2, 0) is 6.42 Å². The first-order valence-electron chi connectivity index (χ1n) is 4.96. The number of fused-ring (bicyclic) bond motifs is 1. The number of halogens is 1. The molecule has 0 N–H and O–H groups in total. The van der Waals surface area contributed by atoms with Gasteiger partial charge in [0.25, 0.3) is 0 Å². The summed E-state index contributed by atoms with van der Waals surface area (Å²) in [6.45, 7) is 2.01. The summed E-state index contributed by atoms with van der Waals surface area (Å²) in [4.78, 5) is 11.3. The zero-order valence-electron chi connectivity index (χ0n) is 9.04. The fourth-order valence-corrected chi connectivity index (χ4v) is 2.18. The van der Waals surface area contributed by atoms with Gasteiger partial charge in [0.15, 0.2) is 0 Å². The minimum absolute atomic E-state index is 0.325. The van der Waals surface area contributed by atoms with Gasteiger partial charge in [0.05, 0.1) is 11.6 Å². The average Bonchev–Trinajstić information content (AvgIpc) is 2.28. The van der Waals surface area contributed by atoms with Crippen LogP contribution in [-0.4, -0.2) is 7.11 Å². The lowest BCUT2D eigenvalue weighted by molar-refractivity contribution is 0.411. The van der Waals surface area contributed by atoms with E-state index in [1.54, 1.807) is 13.2 Å². The van der Waals surface area contributed by atoms with Crippen molar-refractivity contribution in [2.24, 2.45) is 0 Å². The predicted octanol–water partition coefficient (Wildman–Crippen LogP) is 3.13. The van der Waals surface area contributed by atoms with Crippen LogP contribution in [0.3, 0.4) is 0 Å². The molecule has 0 saturated heterocycles. The molecule has 0 aliphatic rings. The molecule has 4 heteroatoms. The summed E-state index contributed by atoms with van der Waals surface area (Å²) >= 11 is 3.41. The molecular weight excluding hydrogens is 272 g/mol. The van der Waals surface area contributed by atoms with E-state index >= 15 is 0 Å². The average molecular weight is 283 g/mol. The zero-order chi connectivity index (χ0) is 11.7. The molecular formula is C12H11BrO3. The van der Waals surface area contributed by atoms with Gasteiger partial charge in [-0.2, -0.15) is 0 Å². The van der Waals surface area contributed by atoms with Crippen molar-refractivity contribution < 1.29 is 9.15 Å². The molecule has 0 aliphatic carbocycles. The Bertz CT molecular complexity index is 587. The van der Waals surface area contributed by atoms with Crippen molar-refractivity contribution in [2.45, 2.75) is 13.3 Å². The summed E-state index contributed by atoms with van der Waals surface area (Å²) in [5.41, 5.74) is 1.22. The Morgan fingerprint density at radius 3 is 2.75 bits per heavy atom. The third-order valence-corrected chi connectivity index (χ3v) is 3.10. The predicted molar refractivity (Wildman–Crippen MR) is 66.1 cm³/mol. The van der Waals surface area contributed by atoms with Gasteiger partial charge in [-0.05, 0) is 34.0 Å². The lowest BCUT2D eigenvalue weighted by Crippen LogP contribution is -2.00. The van der Waals surface area contributed by atoms with Gasteiger partial charge in [0.2, 0.25) is 0 Å². The smallest absolute Gasteiger partial charge is 0.336 e. The molecule has 1 heterocycles. The highest BCUT2D eigenvalue weighted by atomic mass is 79.9. The lowest BCUT2D eigenvalue weighted by atomic mass is 10.1. The highest BCUT2D eigenvalue weighted by molar-refractivity contribution is 9.10. The molecule has 0 radical (unpaired) electrons. The van der Waals surface area contributed by atoms with Crippen molar-refractivity contribution in [1.29, 1.82) is 0 Å². The Hall–Kier alpha value is -1.29. The van der Waals surface area contributed by atoms with E-state index < -0.39 is 0 Å². The minimum Gasteiger partial charge on any atom is -0.495 e. The molecule has 1 aromatic heterocycles. The third kappa shape index (κ3) is 1.85. The van der Waals surface area contributed by atoms with Crippen molar-refractivity contribution in [2.75, 3.05) is 7.11 Å². The first-order chi connectivity index (χ1) is 7.65. The normalized spacial score (nSPS) is 10.7. The molecule has 16 heavy (non-hydrogen) atoms. The van der Waals surface area contributed by atoms with Crippen LogP contribution >= 0.6 is 15.9 Å². The second-order valence-electron chi connectivity index (χ2n) is 3.43. The number of aryl methyl sites for hydroxylation is 1. The van der Waals surface area contributed by atoms with Crippen molar-refractivity contribution >= 4 is 26.9 Å². The van der Waals surface area contributed by atoms with E-state index in [2.05, 4.69) is 15.9 Å². The maximum Gasteiger partial charge on any atom is 0.336 e. The van der Waals surface area contributed by atoms with Crippen LogP contribution in [0.2, 0.25) is 0 Å². The summed E-state index contributed by atoms with van der Waals surface area (Å²) in [6, 6.07) is 5.16. The number of ether oxygens (including phenoxy) is 1. The minimum atomic E-state index is -0.325. The molecule has 2 rings (SSSR count). The SMILES string of the molecule is CCc1cc(=O)oc2cc(OC)c(Br)cc12. The number of hydrogen-bond donors (Lipinski definition) is 0. The standard InChI is InChI=1S/C12H11BrO3/c1-3-7-4-12(14)16-10-6-11(15-2)9(13)5-8(7)10/h4-6H,3H2,1-2H3. The van der Waals surface area contributed by atoms with E-state index in [-0.39, 0.29) is 5.63 Å². The summed E-state index contributed by atoms with van der Waals surface area (Å²) in [5.74, 6) is 0.656. The number of benzene rings is 1. The van der Waals surface area contributed by atoms with Crippen molar-refractivity contribution in [3.05, 3.63) is 38.7 Å². The second-order valence-corrected chi connectivity index (χ2v) is 4.28. The molecule has 0 saturated carbocycles. The molecule has 0 fully saturated rings. The van der Waals surface area contributed by atoms with Gasteiger partial charge in [0.1, 0.15) is 11.3 Å². The highest BCUT2D eigenvalue weighted by Gasteiger charge is 2.08. The van der Waals surface area contributed by atoms with Crippen LogP contribution in [0.5, 0.6) is 5.75 Å². The van der Waals surface area contributed by atoms with Gasteiger partial charge < -0.3 is 9.15 Å². The number of hydrogen-bond acceptors (Lipinski definition) is 3. The Morgan fingerprint density at radius 1 is 1.38 bits per heavy atom. The second kappa shape index (κ2) is 4.29. The van der Waals surface area contributed by atoms with Crippen molar-refractivity contribution in [3.63, 3.8) is 0 Å². The van der Waals surface area contributed by atoms with Crippen LogP contribution in [0.25, 0.3) is 11.0 Å². The van der Waals surface area contributed by atoms with Crippen LogP contribution in [0.4, 0.5) is 0 Å². The summed E-state index contributed by atoms with van der Waals surface area (Å²) in [7, 11) is 1.58. The number of rotatable bonds is 2. The Labute approximate surface area is 101 Å². The zero-order valence-corrected chi connectivity index (χ0v) is 10.6. The van der Waals surface area contributed by atoms with Gasteiger partial charge in [-0.3, -0.25) is 0 Å². The van der Waals surface area contributed by atoms with Crippen LogP contribution < -0.4 is 10.4 Å². The molecule has 0 amide bonds. The van der Waals surface area contributed by atoms with Gasteiger partial charge in [-0.25, -0.2) is 4.79 Å². The molecule has 2 aromatic rings. The van der Waals surface area contributed by atoms with Crippen molar-refractivity contribution in [3.8, 4) is 5.75 Å². The molecule has 0 spiro atoms. The quantitative estimate of drug-likeness (QED) is 0.795.